The predicted octanol–water partition coefficient (Wildman–Crippen LogP) is 4.46. The molecule has 0 amide bonds. The first kappa shape index (κ1) is 11.5. The lowest BCUT2D eigenvalue weighted by atomic mass is 9.90. The van der Waals surface area contributed by atoms with E-state index < -0.39 is 0 Å². The van der Waals surface area contributed by atoms with Crippen LogP contribution in [0.1, 0.15) is 43.6 Å². The summed E-state index contributed by atoms with van der Waals surface area (Å²) >= 11 is 0. The lowest BCUT2D eigenvalue weighted by molar-refractivity contribution is -0.118. The number of benzene rings is 2. The van der Waals surface area contributed by atoms with Gasteiger partial charge in [-0.1, -0.05) is 42.5 Å². The molecule has 0 unspecified atom stereocenters. The smallest absolute Gasteiger partial charge is 0.132 e. The highest BCUT2D eigenvalue weighted by atomic mass is 16.1. The van der Waals surface area contributed by atoms with Crippen LogP contribution in [0, 0.1) is 0 Å². The van der Waals surface area contributed by atoms with Gasteiger partial charge in [-0.3, -0.25) is 4.79 Å². The lowest BCUT2D eigenvalue weighted by Gasteiger charge is -2.14. The minimum atomic E-state index is 0.443. The van der Waals surface area contributed by atoms with Crippen LogP contribution in [0.2, 0.25) is 0 Å². The number of ketones is 1. The van der Waals surface area contributed by atoms with Crippen LogP contribution in [0.3, 0.4) is 0 Å². The molecular formula is C17H18O. The number of Topliss-reactive ketones (excluding diaryl/α,β-unsaturated/α-hetero) is 1. The van der Waals surface area contributed by atoms with Gasteiger partial charge < -0.3 is 0 Å². The van der Waals surface area contributed by atoms with E-state index in [4.69, 9.17) is 0 Å². The van der Waals surface area contributed by atoms with Gasteiger partial charge in [-0.2, -0.15) is 0 Å². The Kier molecular flexibility index (Phi) is 3.14. The Morgan fingerprint density at radius 2 is 1.72 bits per heavy atom. The standard InChI is InChI=1S/C17H18O/c18-17-7-3-6-14(10-11-17)16-9-8-13-4-1-2-5-15(13)12-16/h1-2,4-5,8-9,12,14H,3,6-7,10-11H2/t14-/m0/s1. The normalized spacial score (nSPS) is 20.9. The Bertz CT molecular complexity index is 571. The molecule has 1 aliphatic carbocycles. The largest absolute Gasteiger partial charge is 0.300 e. The number of carbonyl (C=O) groups excluding carboxylic acids is 1. The molecule has 3 rings (SSSR count). The Morgan fingerprint density at radius 1 is 0.889 bits per heavy atom. The molecular weight excluding hydrogens is 220 g/mol. The average Bonchev–Trinajstić information content (AvgIpc) is 2.63. The number of carbonyl (C=O) groups is 1. The highest BCUT2D eigenvalue weighted by Gasteiger charge is 2.18. The highest BCUT2D eigenvalue weighted by Crippen LogP contribution is 2.32. The van der Waals surface area contributed by atoms with Gasteiger partial charge in [-0.25, -0.2) is 0 Å². The van der Waals surface area contributed by atoms with Crippen molar-refractivity contribution >= 4 is 16.6 Å². The van der Waals surface area contributed by atoms with Crippen LogP contribution < -0.4 is 0 Å². The van der Waals surface area contributed by atoms with Crippen molar-refractivity contribution < 1.29 is 4.79 Å². The monoisotopic (exact) mass is 238 g/mol. The number of hydrogen-bond acceptors (Lipinski definition) is 1. The molecule has 2 aromatic rings. The van der Waals surface area contributed by atoms with Gasteiger partial charge in [0.05, 0.1) is 0 Å². The Hall–Kier alpha value is -1.63. The molecule has 0 aromatic heterocycles. The Labute approximate surface area is 108 Å². The zero-order valence-corrected chi connectivity index (χ0v) is 10.6. The van der Waals surface area contributed by atoms with Crippen LogP contribution in [0.4, 0.5) is 0 Å². The van der Waals surface area contributed by atoms with E-state index in [9.17, 15) is 4.79 Å². The van der Waals surface area contributed by atoms with Gasteiger partial charge in [0, 0.05) is 12.8 Å². The van der Waals surface area contributed by atoms with Gasteiger partial charge in [0.2, 0.25) is 0 Å². The van der Waals surface area contributed by atoms with Crippen LogP contribution >= 0.6 is 0 Å². The van der Waals surface area contributed by atoms with Crippen molar-refractivity contribution in [2.75, 3.05) is 0 Å². The van der Waals surface area contributed by atoms with E-state index in [1.54, 1.807) is 0 Å². The highest BCUT2D eigenvalue weighted by molar-refractivity contribution is 5.83. The van der Waals surface area contributed by atoms with Crippen molar-refractivity contribution in [3.63, 3.8) is 0 Å². The van der Waals surface area contributed by atoms with Crippen molar-refractivity contribution in [1.82, 2.24) is 0 Å². The second-order valence-corrected chi connectivity index (χ2v) is 5.27. The van der Waals surface area contributed by atoms with Gasteiger partial charge in [-0.15, -0.1) is 0 Å². The molecule has 92 valence electrons. The third-order valence-corrected chi connectivity index (χ3v) is 4.02. The summed E-state index contributed by atoms with van der Waals surface area (Å²) in [6, 6.07) is 15.2. The first-order chi connectivity index (χ1) is 8.83. The zero-order chi connectivity index (χ0) is 12.4. The molecule has 1 atom stereocenters. The topological polar surface area (TPSA) is 17.1 Å². The molecule has 1 saturated carbocycles. The summed E-state index contributed by atoms with van der Waals surface area (Å²) in [5.41, 5.74) is 1.41. The SMILES string of the molecule is O=C1CCC[C@H](c2ccc3ccccc3c2)CC1. The van der Waals surface area contributed by atoms with Gasteiger partial charge >= 0.3 is 0 Å². The molecule has 0 radical (unpaired) electrons. The zero-order valence-electron chi connectivity index (χ0n) is 10.6. The minimum absolute atomic E-state index is 0.443. The average molecular weight is 238 g/mol. The summed E-state index contributed by atoms with van der Waals surface area (Å²) in [5.74, 6) is 1.01. The Balaban J connectivity index is 1.91. The first-order valence-electron chi connectivity index (χ1n) is 6.83. The fraction of sp³-hybridized carbons (Fsp3) is 0.353. The van der Waals surface area contributed by atoms with Crippen molar-refractivity contribution in [2.45, 2.75) is 38.0 Å². The molecule has 0 bridgehead atoms. The summed E-state index contributed by atoms with van der Waals surface area (Å²) in [6.45, 7) is 0. The summed E-state index contributed by atoms with van der Waals surface area (Å²) in [7, 11) is 0. The molecule has 1 nitrogen and oxygen atoms in total. The van der Waals surface area contributed by atoms with Gasteiger partial charge in [0.15, 0.2) is 0 Å². The van der Waals surface area contributed by atoms with E-state index in [0.29, 0.717) is 11.7 Å². The second kappa shape index (κ2) is 4.93. The van der Waals surface area contributed by atoms with Crippen molar-refractivity contribution in [3.05, 3.63) is 48.0 Å². The molecule has 1 fully saturated rings. The summed E-state index contributed by atoms with van der Waals surface area (Å²) in [4.78, 5) is 11.5. The molecule has 0 spiro atoms. The quantitative estimate of drug-likeness (QED) is 0.670. The Morgan fingerprint density at radius 3 is 2.61 bits per heavy atom. The summed E-state index contributed by atoms with van der Waals surface area (Å²) in [5, 5.41) is 2.61. The van der Waals surface area contributed by atoms with E-state index in [1.165, 1.54) is 16.3 Å². The molecule has 0 heterocycles. The molecule has 18 heavy (non-hydrogen) atoms. The third-order valence-electron chi connectivity index (χ3n) is 4.02. The van der Waals surface area contributed by atoms with Crippen LogP contribution in [0.25, 0.3) is 10.8 Å². The molecule has 1 heteroatoms. The maximum absolute atomic E-state index is 11.5. The second-order valence-electron chi connectivity index (χ2n) is 5.27. The van der Waals surface area contributed by atoms with Gasteiger partial charge in [0.1, 0.15) is 5.78 Å². The van der Waals surface area contributed by atoms with E-state index in [2.05, 4.69) is 42.5 Å². The fourth-order valence-electron chi connectivity index (χ4n) is 2.95. The molecule has 0 saturated heterocycles. The fourth-order valence-corrected chi connectivity index (χ4v) is 2.95. The summed E-state index contributed by atoms with van der Waals surface area (Å²) < 4.78 is 0. The maximum atomic E-state index is 11.5. The molecule has 1 aliphatic rings. The van der Waals surface area contributed by atoms with Gasteiger partial charge in [-0.05, 0) is 41.5 Å². The van der Waals surface area contributed by atoms with Crippen molar-refractivity contribution in [2.24, 2.45) is 0 Å². The summed E-state index contributed by atoms with van der Waals surface area (Å²) in [6.07, 6.45) is 4.78. The van der Waals surface area contributed by atoms with Crippen LogP contribution in [0.15, 0.2) is 42.5 Å². The number of fused-ring (bicyclic) bond motifs is 1. The van der Waals surface area contributed by atoms with E-state index in [1.807, 2.05) is 0 Å². The molecule has 0 aliphatic heterocycles. The van der Waals surface area contributed by atoms with Crippen molar-refractivity contribution in [1.29, 1.82) is 0 Å². The first-order valence-corrected chi connectivity index (χ1v) is 6.83. The number of rotatable bonds is 1. The number of hydrogen-bond donors (Lipinski definition) is 0. The molecule has 0 N–H and O–H groups in total. The van der Waals surface area contributed by atoms with Crippen LogP contribution in [0.5, 0.6) is 0 Å². The van der Waals surface area contributed by atoms with E-state index >= 15 is 0 Å². The molecule has 2 aromatic carbocycles. The van der Waals surface area contributed by atoms with Crippen LogP contribution in [-0.2, 0) is 4.79 Å². The predicted molar refractivity (Wildman–Crippen MR) is 74.8 cm³/mol. The minimum Gasteiger partial charge on any atom is -0.300 e. The third kappa shape index (κ3) is 2.31. The van der Waals surface area contributed by atoms with Crippen molar-refractivity contribution in [3.8, 4) is 0 Å². The lowest BCUT2D eigenvalue weighted by Crippen LogP contribution is -1.98. The van der Waals surface area contributed by atoms with E-state index in [-0.39, 0.29) is 0 Å². The maximum Gasteiger partial charge on any atom is 0.132 e. The van der Waals surface area contributed by atoms with Crippen LogP contribution in [-0.4, -0.2) is 5.78 Å². The van der Waals surface area contributed by atoms with Gasteiger partial charge in [0.25, 0.3) is 0 Å². The van der Waals surface area contributed by atoms with E-state index in [0.717, 1.165) is 32.1 Å².